The second-order valence-electron chi connectivity index (χ2n) is 5.13. The minimum atomic E-state index is 0.386. The zero-order valence-corrected chi connectivity index (χ0v) is 17.7. The predicted molar refractivity (Wildman–Crippen MR) is 103 cm³/mol. The molecule has 0 unspecified atom stereocenters. The zero-order chi connectivity index (χ0) is 18.8. The molecule has 138 valence electrons. The average molecular weight is 488 g/mol. The van der Waals surface area contributed by atoms with Crippen LogP contribution in [0.25, 0.3) is 11.2 Å². The van der Waals surface area contributed by atoms with Crippen LogP contribution in [0.2, 0.25) is 0 Å². The number of aromatic nitrogens is 4. The Labute approximate surface area is 166 Å². The number of H-pyrrole nitrogens is 1. The molecule has 8 nitrogen and oxygen atoms in total. The van der Waals surface area contributed by atoms with Gasteiger partial charge in [0, 0.05) is 6.42 Å². The van der Waals surface area contributed by atoms with E-state index in [-0.39, 0.29) is 0 Å². The number of imidazole rings is 1. The third kappa shape index (κ3) is 3.07. The molecule has 2 heterocycles. The van der Waals surface area contributed by atoms with Crippen molar-refractivity contribution in [2.75, 3.05) is 28.4 Å². The van der Waals surface area contributed by atoms with Gasteiger partial charge in [-0.25, -0.2) is 9.97 Å². The maximum absolute atomic E-state index is 5.49. The summed E-state index contributed by atoms with van der Waals surface area (Å²) < 4.78 is 23.2. The Morgan fingerprint density at radius 3 is 2.04 bits per heavy atom. The van der Waals surface area contributed by atoms with E-state index in [1.54, 1.807) is 34.8 Å². The Morgan fingerprint density at radius 2 is 1.50 bits per heavy atom. The van der Waals surface area contributed by atoms with Gasteiger partial charge >= 0.3 is 0 Å². The number of nitrogens with zero attached hydrogens (tertiary/aromatic N) is 3. The largest absolute Gasteiger partial charge is 0.492 e. The van der Waals surface area contributed by atoms with Gasteiger partial charge < -0.3 is 23.9 Å². The van der Waals surface area contributed by atoms with Gasteiger partial charge in [0.25, 0.3) is 0 Å². The molecule has 0 aliphatic heterocycles. The summed E-state index contributed by atoms with van der Waals surface area (Å²) in [5.74, 6) is 2.50. The number of nitrogens with one attached hydrogen (secondary N) is 1. The number of benzene rings is 1. The first-order chi connectivity index (χ1) is 12.5. The fourth-order valence-corrected chi connectivity index (χ4v) is 4.24. The average Bonchev–Trinajstić information content (AvgIpc) is 3.12. The summed E-state index contributed by atoms with van der Waals surface area (Å²) in [6.07, 6.45) is 1.94. The molecule has 0 bridgehead atoms. The molecule has 0 aliphatic carbocycles. The number of rotatable bonds is 6. The van der Waals surface area contributed by atoms with E-state index in [1.165, 1.54) is 0 Å². The van der Waals surface area contributed by atoms with E-state index in [9.17, 15) is 0 Å². The molecule has 0 amide bonds. The highest BCUT2D eigenvalue weighted by Gasteiger charge is 2.25. The van der Waals surface area contributed by atoms with Crippen LogP contribution in [0.4, 0.5) is 0 Å². The summed E-state index contributed by atoms with van der Waals surface area (Å²) in [7, 11) is 6.24. The smallest absolute Gasteiger partial charge is 0.243 e. The van der Waals surface area contributed by atoms with E-state index in [2.05, 4.69) is 51.8 Å². The summed E-state index contributed by atoms with van der Waals surface area (Å²) in [5, 5.41) is 0. The first-order valence-corrected chi connectivity index (χ1v) is 9.04. The van der Waals surface area contributed by atoms with Crippen LogP contribution in [0, 0.1) is 0 Å². The van der Waals surface area contributed by atoms with Gasteiger partial charge in [0.05, 0.1) is 43.7 Å². The van der Waals surface area contributed by atoms with Crippen molar-refractivity contribution >= 4 is 43.0 Å². The number of hydrogen-bond acceptors (Lipinski definition) is 7. The highest BCUT2D eigenvalue weighted by molar-refractivity contribution is 9.11. The zero-order valence-electron chi connectivity index (χ0n) is 14.5. The minimum absolute atomic E-state index is 0.386. The molecule has 0 saturated carbocycles. The van der Waals surface area contributed by atoms with Gasteiger partial charge in [0.1, 0.15) is 11.3 Å². The highest BCUT2D eigenvalue weighted by Crippen LogP contribution is 2.50. The van der Waals surface area contributed by atoms with E-state index >= 15 is 0 Å². The number of halogens is 2. The lowest BCUT2D eigenvalue weighted by molar-refractivity contribution is 0.321. The normalized spacial score (nSPS) is 10.8. The maximum Gasteiger partial charge on any atom is 0.243 e. The number of fused-ring (bicyclic) bond motifs is 1. The molecule has 3 rings (SSSR count). The summed E-state index contributed by atoms with van der Waals surface area (Å²) in [5.41, 5.74) is 2.03. The molecular formula is C16H16Br2N4O4. The molecular weight excluding hydrogens is 472 g/mol. The molecule has 26 heavy (non-hydrogen) atoms. The van der Waals surface area contributed by atoms with Crippen LogP contribution in [0.1, 0.15) is 11.4 Å². The van der Waals surface area contributed by atoms with Gasteiger partial charge in [-0.2, -0.15) is 4.98 Å². The topological polar surface area (TPSA) is 91.4 Å². The molecule has 0 spiro atoms. The van der Waals surface area contributed by atoms with Crippen LogP contribution >= 0.6 is 31.9 Å². The maximum atomic E-state index is 5.49. The van der Waals surface area contributed by atoms with E-state index in [1.807, 2.05) is 0 Å². The third-order valence-electron chi connectivity index (χ3n) is 3.78. The van der Waals surface area contributed by atoms with E-state index < -0.39 is 0 Å². The van der Waals surface area contributed by atoms with E-state index in [0.29, 0.717) is 55.5 Å². The predicted octanol–water partition coefficient (Wildman–Crippen LogP) is 3.50. The molecule has 2 aromatic heterocycles. The van der Waals surface area contributed by atoms with Gasteiger partial charge in [0.2, 0.25) is 11.6 Å². The van der Waals surface area contributed by atoms with Crippen molar-refractivity contribution in [2.24, 2.45) is 0 Å². The van der Waals surface area contributed by atoms with Gasteiger partial charge in [-0.05, 0) is 37.4 Å². The summed E-state index contributed by atoms with van der Waals surface area (Å²) in [4.78, 5) is 16.1. The molecule has 1 aromatic carbocycles. The van der Waals surface area contributed by atoms with Crippen LogP contribution in [-0.4, -0.2) is 48.4 Å². The lowest BCUT2D eigenvalue weighted by Crippen LogP contribution is -2.05. The van der Waals surface area contributed by atoms with Crippen LogP contribution in [0.5, 0.6) is 23.1 Å². The number of aromatic amines is 1. The Kier molecular flexibility index (Phi) is 5.52. The van der Waals surface area contributed by atoms with Crippen LogP contribution < -0.4 is 18.9 Å². The fraction of sp³-hybridized carbons (Fsp3) is 0.312. The lowest BCUT2D eigenvalue weighted by Gasteiger charge is -2.19. The molecule has 3 aromatic rings. The molecule has 0 radical (unpaired) electrons. The quantitative estimate of drug-likeness (QED) is 0.568. The van der Waals surface area contributed by atoms with Gasteiger partial charge in [-0.1, -0.05) is 0 Å². The molecule has 0 fully saturated rings. The first kappa shape index (κ1) is 18.7. The van der Waals surface area contributed by atoms with Crippen molar-refractivity contribution in [3.05, 3.63) is 26.7 Å². The third-order valence-corrected chi connectivity index (χ3v) is 5.46. The van der Waals surface area contributed by atoms with Crippen molar-refractivity contribution in [1.82, 2.24) is 19.9 Å². The van der Waals surface area contributed by atoms with Crippen LogP contribution in [-0.2, 0) is 6.42 Å². The van der Waals surface area contributed by atoms with E-state index in [0.717, 1.165) is 5.56 Å². The summed E-state index contributed by atoms with van der Waals surface area (Å²) in [6.45, 7) is 0. The molecule has 1 N–H and O–H groups in total. The minimum Gasteiger partial charge on any atom is -0.492 e. The molecule has 0 atom stereocenters. The molecule has 0 aliphatic rings. The second kappa shape index (κ2) is 7.67. The number of methoxy groups -OCH3 is 4. The summed E-state index contributed by atoms with van der Waals surface area (Å²) in [6, 6.07) is 0. The van der Waals surface area contributed by atoms with Crippen molar-refractivity contribution in [3.8, 4) is 23.1 Å². The lowest BCUT2D eigenvalue weighted by atomic mass is 10.1. The first-order valence-electron chi connectivity index (χ1n) is 7.45. The monoisotopic (exact) mass is 486 g/mol. The van der Waals surface area contributed by atoms with Crippen LogP contribution in [0.3, 0.4) is 0 Å². The standard InChI is InChI=1S/C16H16Br2N4O4/c1-23-12-9(17)7(10(18)13(24-2)14(12)25-3)5-8-21-15-11(19-6-20-15)16(22-8)26-4/h6H,5H2,1-4H3,(H,19,20,21,22). The van der Waals surface area contributed by atoms with Crippen molar-refractivity contribution < 1.29 is 18.9 Å². The highest BCUT2D eigenvalue weighted by atomic mass is 79.9. The Bertz CT molecular complexity index is 930. The van der Waals surface area contributed by atoms with Crippen molar-refractivity contribution in [2.45, 2.75) is 6.42 Å². The fourth-order valence-electron chi connectivity index (χ4n) is 2.61. The number of ether oxygens (including phenoxy) is 4. The molecule has 0 saturated heterocycles. The van der Waals surface area contributed by atoms with Crippen molar-refractivity contribution in [3.63, 3.8) is 0 Å². The Hall–Kier alpha value is -2.07. The van der Waals surface area contributed by atoms with E-state index in [4.69, 9.17) is 18.9 Å². The Balaban J connectivity index is 2.16. The van der Waals surface area contributed by atoms with Gasteiger partial charge in [-0.15, -0.1) is 0 Å². The van der Waals surface area contributed by atoms with Gasteiger partial charge in [0.15, 0.2) is 17.1 Å². The number of hydrogen-bond donors (Lipinski definition) is 1. The Morgan fingerprint density at radius 1 is 0.885 bits per heavy atom. The second-order valence-corrected chi connectivity index (χ2v) is 6.72. The molecule has 10 heteroatoms. The SMILES string of the molecule is COc1c(Br)c(Cc2nc(OC)c3[nH]cnc3n2)c(Br)c(OC)c1OC. The van der Waals surface area contributed by atoms with Gasteiger partial charge in [-0.3, -0.25) is 0 Å². The summed E-state index contributed by atoms with van der Waals surface area (Å²) >= 11 is 7.17. The van der Waals surface area contributed by atoms with Crippen molar-refractivity contribution in [1.29, 1.82) is 0 Å². The van der Waals surface area contributed by atoms with Crippen LogP contribution in [0.15, 0.2) is 15.3 Å².